The molecule has 2 aromatic carbocycles. The van der Waals surface area contributed by atoms with E-state index in [1.54, 1.807) is 18.2 Å². The SMILES string of the molecule is CN(CC(=O)c1cc(Cl)ccc1Cl)Cc1cccc(Cl)c1. The number of halogens is 3. The summed E-state index contributed by atoms with van der Waals surface area (Å²) in [6.45, 7) is 0.886. The Bertz CT molecular complexity index is 658. The average molecular weight is 343 g/mol. The lowest BCUT2D eigenvalue weighted by Gasteiger charge is -2.16. The molecule has 2 rings (SSSR count). The summed E-state index contributed by atoms with van der Waals surface area (Å²) in [6.07, 6.45) is 0. The Morgan fingerprint density at radius 3 is 2.48 bits per heavy atom. The van der Waals surface area contributed by atoms with Gasteiger partial charge in [-0.05, 0) is 42.9 Å². The Balaban J connectivity index is 2.03. The topological polar surface area (TPSA) is 20.3 Å². The second-order valence-electron chi connectivity index (χ2n) is 4.85. The number of hydrogen-bond donors (Lipinski definition) is 0. The van der Waals surface area contributed by atoms with Gasteiger partial charge >= 0.3 is 0 Å². The predicted molar refractivity (Wildman–Crippen MR) is 88.6 cm³/mol. The van der Waals surface area contributed by atoms with Gasteiger partial charge in [-0.15, -0.1) is 0 Å². The van der Waals surface area contributed by atoms with Crippen LogP contribution in [0, 0.1) is 0 Å². The van der Waals surface area contributed by atoms with Gasteiger partial charge < -0.3 is 0 Å². The van der Waals surface area contributed by atoms with Gasteiger partial charge in [-0.1, -0.05) is 46.9 Å². The standard InChI is InChI=1S/C16H14Cl3NO/c1-20(9-11-3-2-4-12(17)7-11)10-16(21)14-8-13(18)5-6-15(14)19/h2-8H,9-10H2,1H3. The van der Waals surface area contributed by atoms with Crippen LogP contribution in [0.5, 0.6) is 0 Å². The first-order valence-electron chi connectivity index (χ1n) is 6.37. The molecule has 110 valence electrons. The highest BCUT2D eigenvalue weighted by Gasteiger charge is 2.13. The quantitative estimate of drug-likeness (QED) is 0.716. The Kier molecular flexibility index (Phi) is 5.65. The van der Waals surface area contributed by atoms with E-state index in [1.165, 1.54) is 0 Å². The summed E-state index contributed by atoms with van der Waals surface area (Å²) in [7, 11) is 1.87. The van der Waals surface area contributed by atoms with Gasteiger partial charge in [0.15, 0.2) is 5.78 Å². The Morgan fingerprint density at radius 2 is 1.76 bits per heavy atom. The molecule has 0 aliphatic rings. The fraction of sp³-hybridized carbons (Fsp3) is 0.188. The van der Waals surface area contributed by atoms with E-state index in [2.05, 4.69) is 0 Å². The van der Waals surface area contributed by atoms with Crippen LogP contribution < -0.4 is 0 Å². The van der Waals surface area contributed by atoms with Crippen LogP contribution in [-0.4, -0.2) is 24.3 Å². The highest BCUT2D eigenvalue weighted by Crippen LogP contribution is 2.21. The lowest BCUT2D eigenvalue weighted by Crippen LogP contribution is -2.25. The second-order valence-corrected chi connectivity index (χ2v) is 6.13. The lowest BCUT2D eigenvalue weighted by atomic mass is 10.1. The third-order valence-corrected chi connectivity index (χ3v) is 3.78. The average Bonchev–Trinajstić information content (AvgIpc) is 2.41. The van der Waals surface area contributed by atoms with E-state index in [4.69, 9.17) is 34.8 Å². The van der Waals surface area contributed by atoms with E-state index in [9.17, 15) is 4.79 Å². The summed E-state index contributed by atoms with van der Waals surface area (Å²) in [5.41, 5.74) is 1.50. The molecule has 0 aliphatic heterocycles. The zero-order chi connectivity index (χ0) is 15.4. The molecule has 0 radical (unpaired) electrons. The van der Waals surface area contributed by atoms with Crippen molar-refractivity contribution in [2.75, 3.05) is 13.6 Å². The number of Topliss-reactive ketones (excluding diaryl/α,β-unsaturated/α-hetero) is 1. The van der Waals surface area contributed by atoms with Gasteiger partial charge in [-0.3, -0.25) is 9.69 Å². The maximum atomic E-state index is 12.3. The fourth-order valence-electron chi connectivity index (χ4n) is 2.04. The number of carbonyl (C=O) groups excluding carboxylic acids is 1. The van der Waals surface area contributed by atoms with Gasteiger partial charge in [0.2, 0.25) is 0 Å². The number of carbonyl (C=O) groups is 1. The zero-order valence-electron chi connectivity index (χ0n) is 11.4. The minimum atomic E-state index is -0.0629. The van der Waals surface area contributed by atoms with Gasteiger partial charge in [0, 0.05) is 22.2 Å². The lowest BCUT2D eigenvalue weighted by molar-refractivity contribution is 0.0943. The van der Waals surface area contributed by atoms with E-state index in [-0.39, 0.29) is 12.3 Å². The minimum absolute atomic E-state index is 0.0629. The van der Waals surface area contributed by atoms with Gasteiger partial charge in [0.05, 0.1) is 11.6 Å². The highest BCUT2D eigenvalue weighted by atomic mass is 35.5. The van der Waals surface area contributed by atoms with Crippen LogP contribution in [-0.2, 0) is 6.54 Å². The Hall–Kier alpha value is -1.06. The van der Waals surface area contributed by atoms with E-state index in [0.717, 1.165) is 5.56 Å². The van der Waals surface area contributed by atoms with E-state index in [0.29, 0.717) is 27.2 Å². The molecule has 2 nitrogen and oxygen atoms in total. The Labute approximate surface area is 139 Å². The van der Waals surface area contributed by atoms with Crippen molar-refractivity contribution in [2.24, 2.45) is 0 Å². The van der Waals surface area contributed by atoms with Crippen molar-refractivity contribution in [1.82, 2.24) is 4.90 Å². The van der Waals surface area contributed by atoms with Crippen LogP contribution >= 0.6 is 34.8 Å². The van der Waals surface area contributed by atoms with Crippen molar-refractivity contribution in [3.8, 4) is 0 Å². The molecule has 2 aromatic rings. The predicted octanol–water partition coefficient (Wildman–Crippen LogP) is 4.96. The van der Waals surface area contributed by atoms with Crippen LogP contribution in [0.3, 0.4) is 0 Å². The summed E-state index contributed by atoms with van der Waals surface area (Å²) in [6, 6.07) is 12.5. The minimum Gasteiger partial charge on any atom is -0.295 e. The number of likely N-dealkylation sites (N-methyl/N-ethyl adjacent to an activating group) is 1. The number of ketones is 1. The number of hydrogen-bond acceptors (Lipinski definition) is 2. The van der Waals surface area contributed by atoms with Gasteiger partial charge in [0.25, 0.3) is 0 Å². The largest absolute Gasteiger partial charge is 0.295 e. The summed E-state index contributed by atoms with van der Waals surface area (Å²) in [5, 5.41) is 1.60. The molecule has 0 spiro atoms. The van der Waals surface area contributed by atoms with Crippen molar-refractivity contribution in [3.05, 3.63) is 68.7 Å². The molecule has 21 heavy (non-hydrogen) atoms. The number of nitrogens with zero attached hydrogens (tertiary/aromatic N) is 1. The molecule has 0 aromatic heterocycles. The van der Waals surface area contributed by atoms with Crippen LogP contribution in [0.15, 0.2) is 42.5 Å². The number of rotatable bonds is 5. The summed E-state index contributed by atoms with van der Waals surface area (Å²) >= 11 is 17.9. The van der Waals surface area contributed by atoms with E-state index < -0.39 is 0 Å². The van der Waals surface area contributed by atoms with Crippen LogP contribution in [0.25, 0.3) is 0 Å². The highest BCUT2D eigenvalue weighted by molar-refractivity contribution is 6.36. The molecule has 0 unspecified atom stereocenters. The van der Waals surface area contributed by atoms with E-state index >= 15 is 0 Å². The molecular formula is C16H14Cl3NO. The molecule has 0 atom stereocenters. The molecule has 0 heterocycles. The first-order chi connectivity index (χ1) is 9.95. The summed E-state index contributed by atoms with van der Waals surface area (Å²) < 4.78 is 0. The molecule has 0 saturated heterocycles. The third kappa shape index (κ3) is 4.72. The molecule has 0 amide bonds. The molecule has 5 heteroatoms. The van der Waals surface area contributed by atoms with Crippen molar-refractivity contribution in [1.29, 1.82) is 0 Å². The molecule has 0 N–H and O–H groups in total. The van der Waals surface area contributed by atoms with Crippen LogP contribution in [0.4, 0.5) is 0 Å². The summed E-state index contributed by atoms with van der Waals surface area (Å²) in [5.74, 6) is -0.0629. The molecule has 0 bridgehead atoms. The monoisotopic (exact) mass is 341 g/mol. The second kappa shape index (κ2) is 7.28. The van der Waals surface area contributed by atoms with Gasteiger partial charge in [-0.25, -0.2) is 0 Å². The van der Waals surface area contributed by atoms with E-state index in [1.807, 2.05) is 36.2 Å². The van der Waals surface area contributed by atoms with Crippen molar-refractivity contribution in [2.45, 2.75) is 6.54 Å². The molecular weight excluding hydrogens is 329 g/mol. The first kappa shape index (κ1) is 16.3. The van der Waals surface area contributed by atoms with Crippen molar-refractivity contribution < 1.29 is 4.79 Å². The zero-order valence-corrected chi connectivity index (χ0v) is 13.7. The van der Waals surface area contributed by atoms with Gasteiger partial charge in [-0.2, -0.15) is 0 Å². The Morgan fingerprint density at radius 1 is 1.05 bits per heavy atom. The van der Waals surface area contributed by atoms with Crippen molar-refractivity contribution in [3.63, 3.8) is 0 Å². The molecule has 0 aliphatic carbocycles. The fourth-order valence-corrected chi connectivity index (χ4v) is 2.65. The van der Waals surface area contributed by atoms with Gasteiger partial charge in [0.1, 0.15) is 0 Å². The maximum absolute atomic E-state index is 12.3. The van der Waals surface area contributed by atoms with Crippen LogP contribution in [0.1, 0.15) is 15.9 Å². The van der Waals surface area contributed by atoms with Crippen LogP contribution in [0.2, 0.25) is 15.1 Å². The molecule has 0 saturated carbocycles. The summed E-state index contributed by atoms with van der Waals surface area (Å²) in [4.78, 5) is 14.2. The van der Waals surface area contributed by atoms with Crippen molar-refractivity contribution >= 4 is 40.6 Å². The molecule has 0 fully saturated rings. The smallest absolute Gasteiger partial charge is 0.178 e. The maximum Gasteiger partial charge on any atom is 0.178 e. The first-order valence-corrected chi connectivity index (χ1v) is 7.50. The normalized spacial score (nSPS) is 10.9. The number of benzene rings is 2. The third-order valence-electron chi connectivity index (χ3n) is 2.98.